The smallest absolute Gasteiger partial charge is 0.304 e. The molecule has 0 aromatic heterocycles. The molecule has 1 rings (SSSR count). The van der Waals surface area contributed by atoms with Crippen LogP contribution in [0.15, 0.2) is 0 Å². The SMILES string of the molecule is COC1CCCC(OCCC(Cl)CC(=O)O)O1. The van der Waals surface area contributed by atoms with Crippen LogP contribution in [-0.2, 0) is 19.0 Å². The first kappa shape index (κ1) is 14.7. The molecule has 0 aliphatic carbocycles. The third kappa shape index (κ3) is 6.21. The molecule has 0 radical (unpaired) electrons. The van der Waals surface area contributed by atoms with Gasteiger partial charge in [0.2, 0.25) is 0 Å². The van der Waals surface area contributed by atoms with Crippen LogP contribution in [0.1, 0.15) is 32.1 Å². The van der Waals surface area contributed by atoms with E-state index in [0.717, 1.165) is 19.3 Å². The van der Waals surface area contributed by atoms with Crippen LogP contribution in [0.2, 0.25) is 0 Å². The van der Waals surface area contributed by atoms with Crippen molar-refractivity contribution in [1.29, 1.82) is 0 Å². The van der Waals surface area contributed by atoms with Crippen molar-refractivity contribution in [3.05, 3.63) is 0 Å². The second-order valence-corrected chi connectivity index (χ2v) is 4.63. The zero-order chi connectivity index (χ0) is 12.7. The molecule has 6 heteroatoms. The molecule has 3 unspecified atom stereocenters. The number of rotatable bonds is 7. The van der Waals surface area contributed by atoms with Crippen molar-refractivity contribution in [2.45, 2.75) is 50.1 Å². The van der Waals surface area contributed by atoms with Crippen molar-refractivity contribution < 1.29 is 24.1 Å². The Balaban J connectivity index is 2.11. The van der Waals surface area contributed by atoms with Crippen molar-refractivity contribution in [3.63, 3.8) is 0 Å². The molecule has 3 atom stereocenters. The maximum absolute atomic E-state index is 10.4. The lowest BCUT2D eigenvalue weighted by atomic mass is 10.2. The molecule has 1 heterocycles. The van der Waals surface area contributed by atoms with E-state index in [1.54, 1.807) is 7.11 Å². The Morgan fingerprint density at radius 2 is 2.24 bits per heavy atom. The van der Waals surface area contributed by atoms with Crippen molar-refractivity contribution in [3.8, 4) is 0 Å². The topological polar surface area (TPSA) is 65.0 Å². The number of halogens is 1. The van der Waals surface area contributed by atoms with Gasteiger partial charge < -0.3 is 19.3 Å². The summed E-state index contributed by atoms with van der Waals surface area (Å²) < 4.78 is 16.1. The number of aliphatic carboxylic acids is 1. The predicted octanol–water partition coefficient (Wildman–Crippen LogP) is 1.97. The van der Waals surface area contributed by atoms with Gasteiger partial charge in [-0.1, -0.05) is 0 Å². The van der Waals surface area contributed by atoms with Gasteiger partial charge in [0.25, 0.3) is 0 Å². The third-order valence-corrected chi connectivity index (χ3v) is 2.95. The number of methoxy groups -OCH3 is 1. The highest BCUT2D eigenvalue weighted by Crippen LogP contribution is 2.20. The average molecular weight is 267 g/mol. The summed E-state index contributed by atoms with van der Waals surface area (Å²) in [4.78, 5) is 10.4. The van der Waals surface area contributed by atoms with Crippen LogP contribution in [0, 0.1) is 0 Å². The van der Waals surface area contributed by atoms with Gasteiger partial charge >= 0.3 is 5.97 Å². The fourth-order valence-corrected chi connectivity index (χ4v) is 1.89. The number of alkyl halides is 1. The minimum Gasteiger partial charge on any atom is -0.481 e. The van der Waals surface area contributed by atoms with Crippen LogP contribution >= 0.6 is 11.6 Å². The first-order chi connectivity index (χ1) is 8.11. The quantitative estimate of drug-likeness (QED) is 0.714. The van der Waals surface area contributed by atoms with E-state index in [-0.39, 0.29) is 19.0 Å². The molecule has 1 aliphatic heterocycles. The van der Waals surface area contributed by atoms with Gasteiger partial charge in [0.15, 0.2) is 12.6 Å². The molecular weight excluding hydrogens is 248 g/mol. The second kappa shape index (κ2) is 7.87. The summed E-state index contributed by atoms with van der Waals surface area (Å²) in [5.41, 5.74) is 0. The summed E-state index contributed by atoms with van der Waals surface area (Å²) in [7, 11) is 1.61. The lowest BCUT2D eigenvalue weighted by Crippen LogP contribution is -2.31. The summed E-state index contributed by atoms with van der Waals surface area (Å²) in [6.45, 7) is 0.405. The highest BCUT2D eigenvalue weighted by atomic mass is 35.5. The predicted molar refractivity (Wildman–Crippen MR) is 62.0 cm³/mol. The highest BCUT2D eigenvalue weighted by Gasteiger charge is 2.22. The van der Waals surface area contributed by atoms with Crippen LogP contribution < -0.4 is 0 Å². The van der Waals surface area contributed by atoms with Gasteiger partial charge in [-0.05, 0) is 25.7 Å². The van der Waals surface area contributed by atoms with Gasteiger partial charge in [-0.25, -0.2) is 0 Å². The summed E-state index contributed by atoms with van der Waals surface area (Å²) in [6.07, 6.45) is 2.73. The molecule has 5 nitrogen and oxygen atoms in total. The van der Waals surface area contributed by atoms with E-state index in [9.17, 15) is 4.79 Å². The van der Waals surface area contributed by atoms with Crippen LogP contribution in [-0.4, -0.2) is 42.7 Å². The lowest BCUT2D eigenvalue weighted by molar-refractivity contribution is -0.259. The molecule has 0 bridgehead atoms. The Labute approximate surface area is 106 Å². The standard InChI is InChI=1S/C11H19ClO5/c1-15-10-3-2-4-11(17-10)16-6-5-8(12)7-9(13)14/h8,10-11H,2-7H2,1H3,(H,13,14). The first-order valence-corrected chi connectivity index (χ1v) is 6.21. The lowest BCUT2D eigenvalue weighted by Gasteiger charge is -2.28. The maximum Gasteiger partial charge on any atom is 0.304 e. The van der Waals surface area contributed by atoms with Crippen molar-refractivity contribution >= 4 is 17.6 Å². The van der Waals surface area contributed by atoms with Gasteiger partial charge in [0.1, 0.15) is 0 Å². The molecule has 1 aliphatic rings. The van der Waals surface area contributed by atoms with Crippen molar-refractivity contribution in [2.24, 2.45) is 0 Å². The van der Waals surface area contributed by atoms with Crippen molar-refractivity contribution in [1.82, 2.24) is 0 Å². The van der Waals surface area contributed by atoms with E-state index in [1.807, 2.05) is 0 Å². The van der Waals surface area contributed by atoms with E-state index in [1.165, 1.54) is 0 Å². The maximum atomic E-state index is 10.4. The third-order valence-electron chi connectivity index (χ3n) is 2.58. The van der Waals surface area contributed by atoms with E-state index in [2.05, 4.69) is 0 Å². The first-order valence-electron chi connectivity index (χ1n) is 5.77. The monoisotopic (exact) mass is 266 g/mol. The van der Waals surface area contributed by atoms with E-state index in [4.69, 9.17) is 30.9 Å². The molecular formula is C11H19ClO5. The molecule has 100 valence electrons. The Hall–Kier alpha value is -0.360. The number of ether oxygens (including phenoxy) is 3. The average Bonchev–Trinajstić information content (AvgIpc) is 2.28. The minimum atomic E-state index is -0.890. The minimum absolute atomic E-state index is 0.0445. The molecule has 0 amide bonds. The Bertz CT molecular complexity index is 236. The number of carboxylic acid groups (broad SMARTS) is 1. The Kier molecular flexibility index (Phi) is 6.80. The van der Waals surface area contributed by atoms with Crippen molar-refractivity contribution in [2.75, 3.05) is 13.7 Å². The summed E-state index contributed by atoms with van der Waals surface area (Å²) >= 11 is 5.82. The summed E-state index contributed by atoms with van der Waals surface area (Å²) in [5, 5.41) is 8.14. The number of hydrogen-bond donors (Lipinski definition) is 1. The van der Waals surface area contributed by atoms with E-state index in [0.29, 0.717) is 13.0 Å². The molecule has 1 saturated heterocycles. The second-order valence-electron chi connectivity index (χ2n) is 4.02. The Morgan fingerprint density at radius 1 is 1.53 bits per heavy atom. The molecule has 1 N–H and O–H groups in total. The largest absolute Gasteiger partial charge is 0.481 e. The van der Waals surface area contributed by atoms with Crippen LogP contribution in [0.25, 0.3) is 0 Å². The molecule has 1 fully saturated rings. The van der Waals surface area contributed by atoms with E-state index >= 15 is 0 Å². The van der Waals surface area contributed by atoms with Gasteiger partial charge in [-0.3, -0.25) is 4.79 Å². The van der Waals surface area contributed by atoms with Crippen LogP contribution in [0.3, 0.4) is 0 Å². The fraction of sp³-hybridized carbons (Fsp3) is 0.909. The normalized spacial score (nSPS) is 26.7. The molecule has 0 aromatic rings. The van der Waals surface area contributed by atoms with Gasteiger partial charge in [-0.2, -0.15) is 0 Å². The zero-order valence-electron chi connectivity index (χ0n) is 9.93. The number of carboxylic acids is 1. The molecule has 0 spiro atoms. The summed E-state index contributed by atoms with van der Waals surface area (Å²) in [6, 6.07) is 0. The summed E-state index contributed by atoms with van der Waals surface area (Å²) in [5.74, 6) is -0.890. The molecule has 0 saturated carbocycles. The Morgan fingerprint density at radius 3 is 2.88 bits per heavy atom. The van der Waals surface area contributed by atoms with E-state index < -0.39 is 11.3 Å². The number of hydrogen-bond acceptors (Lipinski definition) is 4. The van der Waals surface area contributed by atoms with Gasteiger partial charge in [-0.15, -0.1) is 11.6 Å². The fourth-order valence-electron chi connectivity index (χ4n) is 1.67. The highest BCUT2D eigenvalue weighted by molar-refractivity contribution is 6.21. The van der Waals surface area contributed by atoms with Crippen LogP contribution in [0.4, 0.5) is 0 Å². The zero-order valence-corrected chi connectivity index (χ0v) is 10.7. The number of carbonyl (C=O) groups is 1. The molecule has 17 heavy (non-hydrogen) atoms. The van der Waals surface area contributed by atoms with Gasteiger partial charge in [0, 0.05) is 12.5 Å². The van der Waals surface area contributed by atoms with Gasteiger partial charge in [0.05, 0.1) is 13.0 Å². The van der Waals surface area contributed by atoms with Crippen LogP contribution in [0.5, 0.6) is 0 Å². The molecule has 0 aromatic carbocycles.